The van der Waals surface area contributed by atoms with Gasteiger partial charge in [0.1, 0.15) is 0 Å². The minimum atomic E-state index is -4.47. The third-order valence-corrected chi connectivity index (χ3v) is 4.41. The Labute approximate surface area is 125 Å². The minimum Gasteiger partial charge on any atom is -0.306 e. The molecule has 1 aromatic heterocycles. The number of nitrogens with one attached hydrogen (secondary N) is 1. The third kappa shape index (κ3) is 2.54. The summed E-state index contributed by atoms with van der Waals surface area (Å²) in [6.45, 7) is 4.58. The van der Waals surface area contributed by atoms with Crippen LogP contribution in [-0.4, -0.2) is 34.1 Å². The van der Waals surface area contributed by atoms with Gasteiger partial charge in [-0.05, 0) is 31.5 Å². The molecule has 1 saturated heterocycles. The molecule has 0 bridgehead atoms. The van der Waals surface area contributed by atoms with Crippen molar-refractivity contribution in [3.8, 4) is 0 Å². The average molecular weight is 313 g/mol. The number of halogens is 3. The van der Waals surface area contributed by atoms with Gasteiger partial charge in [0.05, 0.1) is 16.6 Å². The van der Waals surface area contributed by atoms with E-state index in [1.54, 1.807) is 0 Å². The molecule has 4 nitrogen and oxygen atoms in total. The fourth-order valence-electron chi connectivity index (χ4n) is 3.25. The number of hydrogen-bond acceptors (Lipinski definition) is 2. The monoisotopic (exact) mass is 313 g/mol. The average Bonchev–Trinajstić information content (AvgIpc) is 2.82. The minimum absolute atomic E-state index is 0.0186. The Balaban J connectivity index is 2.10. The van der Waals surface area contributed by atoms with Crippen molar-refractivity contribution < 1.29 is 13.2 Å². The first-order valence-electron chi connectivity index (χ1n) is 7.44. The molecule has 1 aromatic carbocycles. The van der Waals surface area contributed by atoms with Crippen LogP contribution in [0.25, 0.3) is 11.0 Å². The number of hydrogen-bond donors (Lipinski definition) is 1. The van der Waals surface area contributed by atoms with E-state index in [4.69, 9.17) is 0 Å². The van der Waals surface area contributed by atoms with Crippen molar-refractivity contribution in [3.05, 3.63) is 34.2 Å². The topological polar surface area (TPSA) is 41.0 Å². The van der Waals surface area contributed by atoms with Gasteiger partial charge < -0.3 is 9.88 Å². The molecular formula is C15H18F3N3O. The molecule has 120 valence electrons. The molecule has 0 radical (unpaired) electrons. The smallest absolute Gasteiger partial charge is 0.306 e. The number of alkyl halides is 3. The van der Waals surface area contributed by atoms with Crippen molar-refractivity contribution in [2.75, 3.05) is 19.6 Å². The highest BCUT2D eigenvalue weighted by Crippen LogP contribution is 2.35. The van der Waals surface area contributed by atoms with Crippen LogP contribution in [0, 0.1) is 0 Å². The van der Waals surface area contributed by atoms with Gasteiger partial charge in [-0.25, -0.2) is 4.79 Å². The molecular weight excluding hydrogens is 295 g/mol. The van der Waals surface area contributed by atoms with E-state index in [0.717, 1.165) is 25.7 Å². The molecule has 1 fully saturated rings. The van der Waals surface area contributed by atoms with Gasteiger partial charge >= 0.3 is 11.9 Å². The van der Waals surface area contributed by atoms with Crippen molar-refractivity contribution in [2.45, 2.75) is 32.0 Å². The Morgan fingerprint density at radius 2 is 1.95 bits per heavy atom. The van der Waals surface area contributed by atoms with E-state index in [1.807, 2.05) is 0 Å². The van der Waals surface area contributed by atoms with Crippen molar-refractivity contribution in [1.82, 2.24) is 14.5 Å². The molecule has 0 atom stereocenters. The second kappa shape index (κ2) is 5.46. The Bertz CT molecular complexity index is 724. The predicted octanol–water partition coefficient (Wildman–Crippen LogP) is 3.01. The first-order chi connectivity index (χ1) is 10.4. The number of piperidine rings is 1. The van der Waals surface area contributed by atoms with Crippen molar-refractivity contribution in [3.63, 3.8) is 0 Å². The van der Waals surface area contributed by atoms with Crippen LogP contribution in [0.3, 0.4) is 0 Å². The second-order valence-corrected chi connectivity index (χ2v) is 5.67. The molecule has 3 rings (SSSR count). The largest absolute Gasteiger partial charge is 0.418 e. The quantitative estimate of drug-likeness (QED) is 0.926. The van der Waals surface area contributed by atoms with Gasteiger partial charge in [-0.15, -0.1) is 0 Å². The fourth-order valence-corrected chi connectivity index (χ4v) is 3.25. The summed E-state index contributed by atoms with van der Waals surface area (Å²) in [6.07, 6.45) is -3.10. The zero-order chi connectivity index (χ0) is 15.9. The number of nitrogens with zero attached hydrogens (tertiary/aromatic N) is 2. The summed E-state index contributed by atoms with van der Waals surface area (Å²) in [6, 6.07) is 3.69. The SMILES string of the molecule is CCN1CCC(n2c(=O)[nH]c3cccc(C(F)(F)F)c32)CC1. The number of fused-ring (bicyclic) bond motifs is 1. The van der Waals surface area contributed by atoms with Crippen LogP contribution in [0.5, 0.6) is 0 Å². The van der Waals surface area contributed by atoms with Crippen LogP contribution in [0.2, 0.25) is 0 Å². The molecule has 0 saturated carbocycles. The van der Waals surface area contributed by atoms with E-state index in [0.29, 0.717) is 12.8 Å². The lowest BCUT2D eigenvalue weighted by atomic mass is 10.0. The summed E-state index contributed by atoms with van der Waals surface area (Å²) in [7, 11) is 0. The van der Waals surface area contributed by atoms with Gasteiger partial charge in [-0.3, -0.25) is 4.57 Å². The Kier molecular flexibility index (Phi) is 3.76. The standard InChI is InChI=1S/C15H18F3N3O/c1-2-20-8-6-10(7-9-20)21-13-11(15(16,17)18)4-3-5-12(13)19-14(21)22/h3-5,10H,2,6-9H2,1H3,(H,19,22). The molecule has 22 heavy (non-hydrogen) atoms. The van der Waals surface area contributed by atoms with E-state index in [1.165, 1.54) is 16.7 Å². The normalized spacial score (nSPS) is 18.2. The summed E-state index contributed by atoms with van der Waals surface area (Å²) in [5.41, 5.74) is -0.976. The maximum atomic E-state index is 13.3. The maximum absolute atomic E-state index is 13.3. The summed E-state index contributed by atoms with van der Waals surface area (Å²) in [4.78, 5) is 17.0. The number of rotatable bonds is 2. The van der Waals surface area contributed by atoms with E-state index < -0.39 is 17.4 Å². The van der Waals surface area contributed by atoms with Crippen LogP contribution >= 0.6 is 0 Å². The van der Waals surface area contributed by atoms with Gasteiger partial charge in [0.15, 0.2) is 0 Å². The summed E-state index contributed by atoms with van der Waals surface area (Å²) >= 11 is 0. The zero-order valence-corrected chi connectivity index (χ0v) is 12.3. The maximum Gasteiger partial charge on any atom is 0.418 e. The van der Waals surface area contributed by atoms with Crippen LogP contribution in [0.1, 0.15) is 31.4 Å². The Morgan fingerprint density at radius 1 is 1.27 bits per heavy atom. The number of benzene rings is 1. The molecule has 0 amide bonds. The number of para-hydroxylation sites is 1. The summed E-state index contributed by atoms with van der Waals surface area (Å²) < 4.78 is 41.1. The molecule has 2 aromatic rings. The highest BCUT2D eigenvalue weighted by Gasteiger charge is 2.35. The molecule has 0 aliphatic carbocycles. The van der Waals surface area contributed by atoms with Gasteiger partial charge in [-0.2, -0.15) is 13.2 Å². The second-order valence-electron chi connectivity index (χ2n) is 5.67. The summed E-state index contributed by atoms with van der Waals surface area (Å²) in [5, 5.41) is 0. The van der Waals surface area contributed by atoms with Gasteiger partial charge in [-0.1, -0.05) is 13.0 Å². The fraction of sp³-hybridized carbons (Fsp3) is 0.533. The first kappa shape index (κ1) is 15.1. The van der Waals surface area contributed by atoms with Crippen molar-refractivity contribution in [1.29, 1.82) is 0 Å². The predicted molar refractivity (Wildman–Crippen MR) is 77.9 cm³/mol. The lowest BCUT2D eigenvalue weighted by Gasteiger charge is -2.31. The molecule has 0 unspecified atom stereocenters. The summed E-state index contributed by atoms with van der Waals surface area (Å²) in [5.74, 6) is 0. The number of aromatic amines is 1. The van der Waals surface area contributed by atoms with E-state index in [-0.39, 0.29) is 17.1 Å². The molecule has 7 heteroatoms. The lowest BCUT2D eigenvalue weighted by molar-refractivity contribution is -0.136. The van der Waals surface area contributed by atoms with Crippen LogP contribution in [0.15, 0.2) is 23.0 Å². The van der Waals surface area contributed by atoms with E-state index >= 15 is 0 Å². The highest BCUT2D eigenvalue weighted by atomic mass is 19.4. The zero-order valence-electron chi connectivity index (χ0n) is 12.3. The molecule has 2 heterocycles. The van der Waals surface area contributed by atoms with Gasteiger partial charge in [0.25, 0.3) is 0 Å². The highest BCUT2D eigenvalue weighted by molar-refractivity contribution is 5.79. The Hall–Kier alpha value is -1.76. The van der Waals surface area contributed by atoms with Gasteiger partial charge in [0.2, 0.25) is 0 Å². The van der Waals surface area contributed by atoms with Crippen molar-refractivity contribution >= 4 is 11.0 Å². The number of aromatic nitrogens is 2. The third-order valence-electron chi connectivity index (χ3n) is 4.41. The molecule has 1 aliphatic rings. The number of likely N-dealkylation sites (tertiary alicyclic amines) is 1. The van der Waals surface area contributed by atoms with Crippen molar-refractivity contribution in [2.24, 2.45) is 0 Å². The lowest BCUT2D eigenvalue weighted by Crippen LogP contribution is -2.37. The Morgan fingerprint density at radius 3 is 2.55 bits per heavy atom. The number of H-pyrrole nitrogens is 1. The molecule has 0 spiro atoms. The van der Waals surface area contributed by atoms with Crippen LogP contribution in [-0.2, 0) is 6.18 Å². The van der Waals surface area contributed by atoms with E-state index in [2.05, 4.69) is 16.8 Å². The number of imidazole rings is 1. The molecule has 1 N–H and O–H groups in total. The van der Waals surface area contributed by atoms with Crippen LogP contribution in [0.4, 0.5) is 13.2 Å². The first-order valence-corrected chi connectivity index (χ1v) is 7.44. The van der Waals surface area contributed by atoms with E-state index in [9.17, 15) is 18.0 Å². The van der Waals surface area contributed by atoms with Crippen LogP contribution < -0.4 is 5.69 Å². The van der Waals surface area contributed by atoms with Gasteiger partial charge in [0, 0.05) is 19.1 Å². The molecule has 1 aliphatic heterocycles.